The fraction of sp³-hybridized carbons (Fsp3) is 0.333. The summed E-state index contributed by atoms with van der Waals surface area (Å²) in [5, 5.41) is 12.8. The number of nitrogens with two attached hydrogens (primary N) is 1. The predicted octanol–water partition coefficient (Wildman–Crippen LogP) is 2.89. The van der Waals surface area contributed by atoms with Crippen LogP contribution in [0.2, 0.25) is 0 Å². The molecule has 2 amide bonds. The summed E-state index contributed by atoms with van der Waals surface area (Å²) in [6.45, 7) is 1.86. The molecule has 0 saturated heterocycles. The van der Waals surface area contributed by atoms with E-state index < -0.39 is 11.3 Å². The summed E-state index contributed by atoms with van der Waals surface area (Å²) >= 11 is 0. The van der Waals surface area contributed by atoms with Crippen LogP contribution in [0.15, 0.2) is 36.4 Å². The molecule has 2 aromatic carbocycles. The summed E-state index contributed by atoms with van der Waals surface area (Å²) in [5.74, 6) is -0.420. The third-order valence-electron chi connectivity index (χ3n) is 5.86. The predicted molar refractivity (Wildman–Crippen MR) is 99.9 cm³/mol. The van der Waals surface area contributed by atoms with E-state index in [0.29, 0.717) is 31.2 Å². The SMILES string of the molecule is Cc1ccc(-c2ccc3c(c2)NC(=O)C32CCC(O)CC2)cc1C(N)=O. The second kappa shape index (κ2) is 5.95. The average Bonchev–Trinajstić information content (AvgIpc) is 2.88. The molecule has 1 aliphatic carbocycles. The van der Waals surface area contributed by atoms with Gasteiger partial charge in [0.15, 0.2) is 0 Å². The standard InChI is InChI=1S/C21H22N2O3/c1-12-2-3-13(10-16(12)19(22)25)14-4-5-17-18(11-14)23-20(26)21(17)8-6-15(24)7-9-21/h2-5,10-11,15,24H,6-9H2,1H3,(H2,22,25)(H,23,26). The van der Waals surface area contributed by atoms with Gasteiger partial charge < -0.3 is 16.2 Å². The molecule has 4 rings (SSSR count). The van der Waals surface area contributed by atoms with Crippen molar-refractivity contribution in [2.45, 2.75) is 44.1 Å². The number of aliphatic hydroxyl groups excluding tert-OH is 1. The summed E-state index contributed by atoms with van der Waals surface area (Å²) in [7, 11) is 0. The number of carbonyl (C=O) groups excluding carboxylic acids is 2. The lowest BCUT2D eigenvalue weighted by Gasteiger charge is -2.33. The highest BCUT2D eigenvalue weighted by atomic mass is 16.3. The topological polar surface area (TPSA) is 92.4 Å². The third kappa shape index (κ3) is 2.51. The molecule has 134 valence electrons. The van der Waals surface area contributed by atoms with Crippen molar-refractivity contribution in [1.82, 2.24) is 0 Å². The van der Waals surface area contributed by atoms with Gasteiger partial charge in [-0.1, -0.05) is 24.3 Å². The lowest BCUT2D eigenvalue weighted by Crippen LogP contribution is -2.39. The van der Waals surface area contributed by atoms with Gasteiger partial charge in [-0.2, -0.15) is 0 Å². The van der Waals surface area contributed by atoms with E-state index in [9.17, 15) is 14.7 Å². The van der Waals surface area contributed by atoms with Crippen molar-refractivity contribution in [2.75, 3.05) is 5.32 Å². The van der Waals surface area contributed by atoms with Crippen LogP contribution in [0.25, 0.3) is 11.1 Å². The van der Waals surface area contributed by atoms with Crippen LogP contribution < -0.4 is 11.1 Å². The molecule has 2 aromatic rings. The normalized spacial score (nSPS) is 24.4. The molecule has 0 radical (unpaired) electrons. The lowest BCUT2D eigenvalue weighted by molar-refractivity contribution is -0.122. The molecule has 1 saturated carbocycles. The van der Waals surface area contributed by atoms with Gasteiger partial charge >= 0.3 is 0 Å². The minimum absolute atomic E-state index is 0.0262. The van der Waals surface area contributed by atoms with E-state index in [2.05, 4.69) is 5.32 Å². The Labute approximate surface area is 152 Å². The van der Waals surface area contributed by atoms with E-state index in [1.165, 1.54) is 0 Å². The van der Waals surface area contributed by atoms with Gasteiger partial charge in [0.2, 0.25) is 11.8 Å². The number of hydrogen-bond donors (Lipinski definition) is 3. The van der Waals surface area contributed by atoms with Crippen LogP contribution in [0.4, 0.5) is 5.69 Å². The maximum absolute atomic E-state index is 12.7. The van der Waals surface area contributed by atoms with E-state index in [4.69, 9.17) is 5.73 Å². The molecule has 1 fully saturated rings. The number of anilines is 1. The molecular weight excluding hydrogens is 328 g/mol. The van der Waals surface area contributed by atoms with Crippen LogP contribution in [0.1, 0.15) is 47.2 Å². The van der Waals surface area contributed by atoms with Crippen LogP contribution in [0, 0.1) is 6.92 Å². The summed E-state index contributed by atoms with van der Waals surface area (Å²) in [5.41, 5.74) is 9.95. The highest BCUT2D eigenvalue weighted by molar-refractivity contribution is 6.07. The van der Waals surface area contributed by atoms with Crippen molar-refractivity contribution in [3.63, 3.8) is 0 Å². The molecule has 0 aromatic heterocycles. The molecule has 0 atom stereocenters. The first-order valence-electron chi connectivity index (χ1n) is 8.95. The number of benzene rings is 2. The minimum Gasteiger partial charge on any atom is -0.393 e. The molecule has 26 heavy (non-hydrogen) atoms. The maximum Gasteiger partial charge on any atom is 0.248 e. The van der Waals surface area contributed by atoms with Gasteiger partial charge in [-0.15, -0.1) is 0 Å². The molecular formula is C21H22N2O3. The number of rotatable bonds is 2. The first-order chi connectivity index (χ1) is 12.4. The van der Waals surface area contributed by atoms with Crippen molar-refractivity contribution >= 4 is 17.5 Å². The Hall–Kier alpha value is -2.66. The van der Waals surface area contributed by atoms with Crippen LogP contribution in [-0.4, -0.2) is 23.0 Å². The number of aryl methyl sites for hydroxylation is 1. The summed E-state index contributed by atoms with van der Waals surface area (Å²) in [4.78, 5) is 24.3. The second-order valence-corrected chi connectivity index (χ2v) is 7.42. The highest BCUT2D eigenvalue weighted by Gasteiger charge is 2.48. The van der Waals surface area contributed by atoms with Gasteiger partial charge in [-0.25, -0.2) is 0 Å². The molecule has 1 aliphatic heterocycles. The zero-order valence-corrected chi connectivity index (χ0v) is 14.7. The maximum atomic E-state index is 12.7. The molecule has 2 aliphatic rings. The Morgan fingerprint density at radius 2 is 1.81 bits per heavy atom. The number of carbonyl (C=O) groups is 2. The van der Waals surface area contributed by atoms with Crippen LogP contribution in [0.5, 0.6) is 0 Å². The fourth-order valence-corrected chi connectivity index (χ4v) is 4.27. The molecule has 0 bridgehead atoms. The van der Waals surface area contributed by atoms with Gasteiger partial charge in [0.05, 0.1) is 11.5 Å². The van der Waals surface area contributed by atoms with Gasteiger partial charge in [0.25, 0.3) is 0 Å². The molecule has 1 heterocycles. The Morgan fingerprint density at radius 3 is 2.50 bits per heavy atom. The summed E-state index contributed by atoms with van der Waals surface area (Å²) in [6, 6.07) is 11.6. The van der Waals surface area contributed by atoms with Crippen molar-refractivity contribution < 1.29 is 14.7 Å². The van der Waals surface area contributed by atoms with Crippen molar-refractivity contribution in [3.05, 3.63) is 53.1 Å². The monoisotopic (exact) mass is 350 g/mol. The number of fused-ring (bicyclic) bond motifs is 2. The Bertz CT molecular complexity index is 911. The van der Waals surface area contributed by atoms with Crippen molar-refractivity contribution in [1.29, 1.82) is 0 Å². The minimum atomic E-state index is -0.515. The number of hydrogen-bond acceptors (Lipinski definition) is 3. The van der Waals surface area contributed by atoms with E-state index in [0.717, 1.165) is 27.9 Å². The molecule has 5 heteroatoms. The van der Waals surface area contributed by atoms with Crippen LogP contribution in [-0.2, 0) is 10.2 Å². The fourth-order valence-electron chi connectivity index (χ4n) is 4.27. The van der Waals surface area contributed by atoms with E-state index in [-0.39, 0.29) is 12.0 Å². The number of primary amides is 1. The Balaban J connectivity index is 1.74. The zero-order valence-electron chi connectivity index (χ0n) is 14.7. The quantitative estimate of drug-likeness (QED) is 0.777. The molecule has 5 nitrogen and oxygen atoms in total. The molecule has 1 spiro atoms. The number of nitrogens with one attached hydrogen (secondary N) is 1. The van der Waals surface area contributed by atoms with Gasteiger partial charge in [0, 0.05) is 11.3 Å². The zero-order chi connectivity index (χ0) is 18.5. The number of amides is 2. The van der Waals surface area contributed by atoms with E-state index in [1.807, 2.05) is 37.3 Å². The first-order valence-corrected chi connectivity index (χ1v) is 8.95. The number of aliphatic hydroxyl groups is 1. The highest BCUT2D eigenvalue weighted by Crippen LogP contribution is 2.48. The van der Waals surface area contributed by atoms with Crippen molar-refractivity contribution in [2.24, 2.45) is 5.73 Å². The lowest BCUT2D eigenvalue weighted by atomic mass is 9.69. The smallest absolute Gasteiger partial charge is 0.248 e. The van der Waals surface area contributed by atoms with Crippen LogP contribution in [0.3, 0.4) is 0 Å². The summed E-state index contributed by atoms with van der Waals surface area (Å²) in [6.07, 6.45) is 2.32. The van der Waals surface area contributed by atoms with E-state index in [1.54, 1.807) is 6.07 Å². The largest absolute Gasteiger partial charge is 0.393 e. The van der Waals surface area contributed by atoms with E-state index >= 15 is 0 Å². The molecule has 4 N–H and O–H groups in total. The van der Waals surface area contributed by atoms with Gasteiger partial charge in [-0.05, 0) is 67.0 Å². The Morgan fingerprint density at radius 1 is 1.15 bits per heavy atom. The Kier molecular flexibility index (Phi) is 3.84. The van der Waals surface area contributed by atoms with Crippen LogP contribution >= 0.6 is 0 Å². The van der Waals surface area contributed by atoms with Gasteiger partial charge in [-0.3, -0.25) is 9.59 Å². The third-order valence-corrected chi connectivity index (χ3v) is 5.86. The average molecular weight is 350 g/mol. The second-order valence-electron chi connectivity index (χ2n) is 7.42. The summed E-state index contributed by atoms with van der Waals surface area (Å²) < 4.78 is 0. The van der Waals surface area contributed by atoms with Crippen molar-refractivity contribution in [3.8, 4) is 11.1 Å². The first kappa shape index (κ1) is 16.8. The van der Waals surface area contributed by atoms with Gasteiger partial charge in [0.1, 0.15) is 0 Å². The molecule has 0 unspecified atom stereocenters.